The highest BCUT2D eigenvalue weighted by Gasteiger charge is 2.21. The zero-order valence-corrected chi connectivity index (χ0v) is 24.8. The summed E-state index contributed by atoms with van der Waals surface area (Å²) in [4.78, 5) is 2.48. The van der Waals surface area contributed by atoms with Crippen molar-refractivity contribution in [1.82, 2.24) is 0 Å². The van der Waals surface area contributed by atoms with Crippen molar-refractivity contribution >= 4 is 90.9 Å². The molecule has 0 radical (unpaired) electrons. The molecule has 43 heavy (non-hydrogen) atoms. The lowest BCUT2D eigenvalue weighted by molar-refractivity contribution is 1.32. The van der Waals surface area contributed by atoms with Gasteiger partial charge in [-0.2, -0.15) is 0 Å². The lowest BCUT2D eigenvalue weighted by Crippen LogP contribution is -2.10. The summed E-state index contributed by atoms with van der Waals surface area (Å²) >= 11 is 3.77. The van der Waals surface area contributed by atoms with Crippen molar-refractivity contribution in [3.63, 3.8) is 0 Å². The van der Waals surface area contributed by atoms with Crippen LogP contribution in [0.25, 0.3) is 62.2 Å². The Labute approximate surface area is 257 Å². The molecule has 0 aliphatic carbocycles. The summed E-state index contributed by atoms with van der Waals surface area (Å²) in [6, 6.07) is 55.3. The van der Waals surface area contributed by atoms with Crippen LogP contribution in [0.2, 0.25) is 0 Å². The van der Waals surface area contributed by atoms with Crippen LogP contribution < -0.4 is 4.90 Å². The number of nitrogens with zero attached hydrogens (tertiary/aromatic N) is 1. The quantitative estimate of drug-likeness (QED) is 0.199. The first kappa shape index (κ1) is 24.6. The predicted molar refractivity (Wildman–Crippen MR) is 190 cm³/mol. The SMILES string of the molecule is c1ccc(-c2ccc(N(c3cccc4c3sc3ccccc34)c3cccc4c3sc3cc5ccccc5cc34)cc2)cc1. The van der Waals surface area contributed by atoms with Gasteiger partial charge in [0.05, 0.1) is 20.8 Å². The standard InChI is InChI=1S/C40H25NS2/c1-2-10-26(11-3-1)27-20-22-30(23-21-27)41(35-17-8-15-32-31-14-6-7-19-37(31)42-39(32)35)36-18-9-16-33-34-24-28-12-4-5-13-29(28)25-38(34)43-40(33)36/h1-25H. The van der Waals surface area contributed by atoms with Crippen LogP contribution in [0.15, 0.2) is 152 Å². The van der Waals surface area contributed by atoms with E-state index in [9.17, 15) is 0 Å². The Hall–Kier alpha value is -4.96. The molecule has 2 aromatic heterocycles. The molecule has 0 saturated carbocycles. The summed E-state index contributed by atoms with van der Waals surface area (Å²) < 4.78 is 5.24. The minimum Gasteiger partial charge on any atom is -0.308 e. The Morgan fingerprint density at radius 3 is 1.67 bits per heavy atom. The van der Waals surface area contributed by atoms with E-state index < -0.39 is 0 Å². The third-order valence-corrected chi connectivity index (χ3v) is 10.8. The molecule has 0 amide bonds. The van der Waals surface area contributed by atoms with Crippen LogP contribution in [0.4, 0.5) is 17.1 Å². The van der Waals surface area contributed by atoms with E-state index in [4.69, 9.17) is 0 Å². The van der Waals surface area contributed by atoms with Crippen molar-refractivity contribution in [2.75, 3.05) is 4.90 Å². The van der Waals surface area contributed by atoms with Crippen LogP contribution in [0, 0.1) is 0 Å². The molecule has 0 bridgehead atoms. The number of thiophene rings is 2. The van der Waals surface area contributed by atoms with Gasteiger partial charge in [0.15, 0.2) is 0 Å². The van der Waals surface area contributed by atoms with Crippen molar-refractivity contribution in [2.24, 2.45) is 0 Å². The Kier molecular flexibility index (Phi) is 5.62. The highest BCUT2D eigenvalue weighted by molar-refractivity contribution is 7.27. The molecule has 1 nitrogen and oxygen atoms in total. The average Bonchev–Trinajstić information content (AvgIpc) is 3.63. The van der Waals surface area contributed by atoms with Gasteiger partial charge in [-0.05, 0) is 64.4 Å². The number of fused-ring (bicyclic) bond motifs is 7. The Bertz CT molecular complexity index is 2450. The molecular weight excluding hydrogens is 559 g/mol. The molecule has 0 aliphatic heterocycles. The molecule has 0 saturated heterocycles. The fraction of sp³-hybridized carbons (Fsp3) is 0. The third kappa shape index (κ3) is 3.97. The topological polar surface area (TPSA) is 3.24 Å². The first-order valence-electron chi connectivity index (χ1n) is 14.5. The van der Waals surface area contributed by atoms with Crippen molar-refractivity contribution in [3.8, 4) is 11.1 Å². The predicted octanol–water partition coefficient (Wildman–Crippen LogP) is 12.7. The van der Waals surface area contributed by atoms with Crippen LogP contribution in [0.5, 0.6) is 0 Å². The minimum absolute atomic E-state index is 1.15. The van der Waals surface area contributed by atoms with Gasteiger partial charge >= 0.3 is 0 Å². The highest BCUT2D eigenvalue weighted by atomic mass is 32.1. The van der Waals surface area contributed by atoms with Crippen molar-refractivity contribution in [3.05, 3.63) is 152 Å². The number of hydrogen-bond donors (Lipinski definition) is 0. The smallest absolute Gasteiger partial charge is 0.0640 e. The molecule has 0 unspecified atom stereocenters. The summed E-state index contributed by atoms with van der Waals surface area (Å²) in [7, 11) is 0. The second kappa shape index (κ2) is 9.81. The molecule has 0 atom stereocenters. The molecule has 0 N–H and O–H groups in total. The maximum absolute atomic E-state index is 2.48. The van der Waals surface area contributed by atoms with E-state index in [0.717, 1.165) is 5.69 Å². The molecule has 0 fully saturated rings. The van der Waals surface area contributed by atoms with Gasteiger partial charge < -0.3 is 4.90 Å². The van der Waals surface area contributed by atoms with Crippen LogP contribution in [-0.4, -0.2) is 0 Å². The second-order valence-electron chi connectivity index (χ2n) is 11.0. The fourth-order valence-corrected chi connectivity index (χ4v) is 8.84. The summed E-state index contributed by atoms with van der Waals surface area (Å²) in [5.74, 6) is 0. The molecule has 0 aliphatic rings. The largest absolute Gasteiger partial charge is 0.308 e. The Morgan fingerprint density at radius 2 is 0.930 bits per heavy atom. The Balaban J connectivity index is 1.32. The normalized spacial score (nSPS) is 11.7. The molecule has 9 rings (SSSR count). The summed E-state index contributed by atoms with van der Waals surface area (Å²) in [6.07, 6.45) is 0. The zero-order chi connectivity index (χ0) is 28.3. The number of anilines is 3. The third-order valence-electron chi connectivity index (χ3n) is 8.44. The van der Waals surface area contributed by atoms with E-state index in [1.54, 1.807) is 0 Å². The number of benzene rings is 7. The van der Waals surface area contributed by atoms with Gasteiger partial charge in [-0.25, -0.2) is 0 Å². The van der Waals surface area contributed by atoms with E-state index in [-0.39, 0.29) is 0 Å². The molecule has 9 aromatic rings. The lowest BCUT2D eigenvalue weighted by Gasteiger charge is -2.27. The first-order valence-corrected chi connectivity index (χ1v) is 16.1. The molecule has 3 heteroatoms. The molecule has 2 heterocycles. The molecule has 7 aromatic carbocycles. The monoisotopic (exact) mass is 583 g/mol. The van der Waals surface area contributed by atoms with Gasteiger partial charge in [0.25, 0.3) is 0 Å². The van der Waals surface area contributed by atoms with Crippen LogP contribution in [0.3, 0.4) is 0 Å². The van der Waals surface area contributed by atoms with Gasteiger partial charge in [-0.1, -0.05) is 109 Å². The van der Waals surface area contributed by atoms with Gasteiger partial charge in [0, 0.05) is 36.6 Å². The van der Waals surface area contributed by atoms with E-state index >= 15 is 0 Å². The van der Waals surface area contributed by atoms with Gasteiger partial charge in [0.1, 0.15) is 0 Å². The van der Waals surface area contributed by atoms with Crippen molar-refractivity contribution in [2.45, 2.75) is 0 Å². The molecular formula is C40H25NS2. The molecule has 0 spiro atoms. The summed E-state index contributed by atoms with van der Waals surface area (Å²) in [5, 5.41) is 7.81. The van der Waals surface area contributed by atoms with Crippen LogP contribution in [0.1, 0.15) is 0 Å². The van der Waals surface area contributed by atoms with Gasteiger partial charge in [0.2, 0.25) is 0 Å². The Morgan fingerprint density at radius 1 is 0.372 bits per heavy atom. The minimum atomic E-state index is 1.15. The maximum atomic E-state index is 2.48. The van der Waals surface area contributed by atoms with E-state index in [1.807, 2.05) is 22.7 Å². The van der Waals surface area contributed by atoms with E-state index in [0.29, 0.717) is 0 Å². The van der Waals surface area contributed by atoms with Crippen molar-refractivity contribution < 1.29 is 0 Å². The average molecular weight is 584 g/mol. The second-order valence-corrected chi connectivity index (χ2v) is 13.1. The zero-order valence-electron chi connectivity index (χ0n) is 23.2. The molecule has 202 valence electrons. The van der Waals surface area contributed by atoms with Crippen molar-refractivity contribution in [1.29, 1.82) is 0 Å². The lowest BCUT2D eigenvalue weighted by atomic mass is 10.0. The highest BCUT2D eigenvalue weighted by Crippen LogP contribution is 2.49. The van der Waals surface area contributed by atoms with E-state index in [2.05, 4.69) is 157 Å². The maximum Gasteiger partial charge on any atom is 0.0640 e. The number of hydrogen-bond acceptors (Lipinski definition) is 3. The fourth-order valence-electron chi connectivity index (χ4n) is 6.39. The first-order chi connectivity index (χ1) is 21.3. The van der Waals surface area contributed by atoms with E-state index in [1.165, 1.54) is 73.6 Å². The number of rotatable bonds is 4. The van der Waals surface area contributed by atoms with Crippen LogP contribution >= 0.6 is 22.7 Å². The van der Waals surface area contributed by atoms with Crippen LogP contribution in [-0.2, 0) is 0 Å². The van der Waals surface area contributed by atoms with Gasteiger partial charge in [-0.15, -0.1) is 22.7 Å². The summed E-state index contributed by atoms with van der Waals surface area (Å²) in [6.45, 7) is 0. The summed E-state index contributed by atoms with van der Waals surface area (Å²) in [5.41, 5.74) is 6.02. The van der Waals surface area contributed by atoms with Gasteiger partial charge in [-0.3, -0.25) is 0 Å².